The molecule has 1 amide bonds. The number of aryl methyl sites for hydroxylation is 1. The van der Waals surface area contributed by atoms with Crippen molar-refractivity contribution in [2.45, 2.75) is 0 Å². The Morgan fingerprint density at radius 2 is 2.23 bits per heavy atom. The van der Waals surface area contributed by atoms with Gasteiger partial charge in [-0.25, -0.2) is 4.79 Å². The zero-order chi connectivity index (χ0) is 10.0. The van der Waals surface area contributed by atoms with Crippen molar-refractivity contribution in [2.24, 2.45) is 7.05 Å². The molecular formula is C7H9N3O3. The number of carbonyl (C=O) groups excluding carboxylic acids is 1. The Labute approximate surface area is 74.2 Å². The molecule has 1 rings (SSSR count). The summed E-state index contributed by atoms with van der Waals surface area (Å²) in [7, 11) is 2.99. The number of carboxylic acids is 1. The molecule has 1 heterocycles. The van der Waals surface area contributed by atoms with E-state index in [1.165, 1.54) is 17.9 Å². The topological polar surface area (TPSA) is 84.2 Å². The zero-order valence-electron chi connectivity index (χ0n) is 7.24. The molecule has 1 aromatic rings. The minimum absolute atomic E-state index is 0.0671. The van der Waals surface area contributed by atoms with Gasteiger partial charge in [0.2, 0.25) is 0 Å². The van der Waals surface area contributed by atoms with Gasteiger partial charge in [0.15, 0.2) is 5.69 Å². The van der Waals surface area contributed by atoms with Crippen molar-refractivity contribution in [3.05, 3.63) is 17.5 Å². The Morgan fingerprint density at radius 1 is 1.62 bits per heavy atom. The lowest BCUT2D eigenvalue weighted by molar-refractivity contribution is 0.0684. The van der Waals surface area contributed by atoms with Crippen molar-refractivity contribution >= 4 is 11.9 Å². The van der Waals surface area contributed by atoms with Gasteiger partial charge < -0.3 is 10.4 Å². The maximum Gasteiger partial charge on any atom is 0.357 e. The molecule has 0 aliphatic rings. The maximum absolute atomic E-state index is 11.1. The number of nitrogens with one attached hydrogen (secondary N) is 1. The molecule has 6 nitrogen and oxygen atoms in total. The van der Waals surface area contributed by atoms with Crippen LogP contribution in [0.4, 0.5) is 0 Å². The van der Waals surface area contributed by atoms with Crippen LogP contribution in [-0.2, 0) is 7.05 Å². The summed E-state index contributed by atoms with van der Waals surface area (Å²) < 4.78 is 1.29. The molecule has 0 unspecified atom stereocenters. The third kappa shape index (κ3) is 1.66. The lowest BCUT2D eigenvalue weighted by Gasteiger charge is -1.94. The van der Waals surface area contributed by atoms with Crippen molar-refractivity contribution in [2.75, 3.05) is 7.05 Å². The second-order valence-corrected chi connectivity index (χ2v) is 2.45. The molecular weight excluding hydrogens is 174 g/mol. The molecule has 70 valence electrons. The third-order valence-electron chi connectivity index (χ3n) is 1.50. The van der Waals surface area contributed by atoms with E-state index in [1.807, 2.05) is 0 Å². The Kier molecular flexibility index (Phi) is 2.32. The first-order valence-electron chi connectivity index (χ1n) is 3.55. The van der Waals surface area contributed by atoms with Gasteiger partial charge in [-0.15, -0.1) is 0 Å². The number of aromatic carboxylic acids is 1. The van der Waals surface area contributed by atoms with Gasteiger partial charge in [-0.1, -0.05) is 0 Å². The smallest absolute Gasteiger partial charge is 0.357 e. The predicted octanol–water partition coefficient (Wildman–Crippen LogP) is -0.522. The highest BCUT2D eigenvalue weighted by Crippen LogP contribution is 2.05. The fraction of sp³-hybridized carbons (Fsp3) is 0.286. The summed E-state index contributed by atoms with van der Waals surface area (Å²) in [6, 6.07) is 0. The van der Waals surface area contributed by atoms with E-state index in [1.54, 1.807) is 7.05 Å². The van der Waals surface area contributed by atoms with Crippen LogP contribution in [0.3, 0.4) is 0 Å². The van der Waals surface area contributed by atoms with Crippen LogP contribution in [0.25, 0.3) is 0 Å². The lowest BCUT2D eigenvalue weighted by atomic mass is 10.2. The largest absolute Gasteiger partial charge is 0.476 e. The number of nitrogens with zero attached hydrogens (tertiary/aromatic N) is 2. The number of amides is 1. The number of hydrogen-bond donors (Lipinski definition) is 2. The molecule has 13 heavy (non-hydrogen) atoms. The number of aromatic nitrogens is 2. The molecule has 6 heteroatoms. The number of carboxylic acid groups (broad SMARTS) is 1. The SMILES string of the molecule is CNC(=O)c1cn(C)nc1C(=O)O. The average Bonchev–Trinajstić information content (AvgIpc) is 2.46. The standard InChI is InChI=1S/C7H9N3O3/c1-8-6(11)4-3-10(2)9-5(4)7(12)13/h3H,1-2H3,(H,8,11)(H,12,13). The van der Waals surface area contributed by atoms with E-state index in [-0.39, 0.29) is 11.3 Å². The first kappa shape index (κ1) is 9.24. The fourth-order valence-corrected chi connectivity index (χ4v) is 0.947. The number of rotatable bonds is 2. The second-order valence-electron chi connectivity index (χ2n) is 2.45. The minimum atomic E-state index is -1.21. The summed E-state index contributed by atoms with van der Waals surface area (Å²) >= 11 is 0. The van der Waals surface area contributed by atoms with E-state index >= 15 is 0 Å². The van der Waals surface area contributed by atoms with Crippen LogP contribution in [0, 0.1) is 0 Å². The van der Waals surface area contributed by atoms with Crippen LogP contribution < -0.4 is 5.32 Å². The molecule has 0 saturated carbocycles. The summed E-state index contributed by atoms with van der Waals surface area (Å²) in [5.41, 5.74) is -0.167. The molecule has 0 bridgehead atoms. The predicted molar refractivity (Wildman–Crippen MR) is 43.6 cm³/mol. The van der Waals surface area contributed by atoms with E-state index in [9.17, 15) is 9.59 Å². The highest BCUT2D eigenvalue weighted by molar-refractivity contribution is 6.03. The molecule has 0 fully saturated rings. The first-order chi connectivity index (χ1) is 6.06. The van der Waals surface area contributed by atoms with Crippen LogP contribution in [0.2, 0.25) is 0 Å². The van der Waals surface area contributed by atoms with Crippen molar-refractivity contribution in [3.63, 3.8) is 0 Å². The van der Waals surface area contributed by atoms with Crippen LogP contribution in [-0.4, -0.2) is 33.8 Å². The summed E-state index contributed by atoms with van der Waals surface area (Å²) in [6.45, 7) is 0. The van der Waals surface area contributed by atoms with Gasteiger partial charge in [0, 0.05) is 20.3 Å². The van der Waals surface area contributed by atoms with E-state index in [0.717, 1.165) is 0 Å². The lowest BCUT2D eigenvalue weighted by Crippen LogP contribution is -2.20. The molecule has 0 radical (unpaired) electrons. The Hall–Kier alpha value is -1.85. The molecule has 1 aromatic heterocycles. The molecule has 0 saturated heterocycles. The first-order valence-corrected chi connectivity index (χ1v) is 3.55. The number of carbonyl (C=O) groups is 2. The summed E-state index contributed by atoms with van der Waals surface area (Å²) in [6.07, 6.45) is 1.36. The van der Waals surface area contributed by atoms with Crippen molar-refractivity contribution in [1.82, 2.24) is 15.1 Å². The average molecular weight is 183 g/mol. The Bertz CT molecular complexity index is 356. The summed E-state index contributed by atoms with van der Waals surface area (Å²) in [5.74, 6) is -1.66. The molecule has 0 atom stereocenters. The van der Waals surface area contributed by atoms with Crippen LogP contribution in [0.15, 0.2) is 6.20 Å². The minimum Gasteiger partial charge on any atom is -0.476 e. The fourth-order valence-electron chi connectivity index (χ4n) is 0.947. The van der Waals surface area contributed by atoms with Crippen LogP contribution >= 0.6 is 0 Å². The molecule has 0 aliphatic heterocycles. The Morgan fingerprint density at radius 3 is 2.69 bits per heavy atom. The zero-order valence-corrected chi connectivity index (χ0v) is 7.24. The van der Waals surface area contributed by atoms with Gasteiger partial charge in [0.1, 0.15) is 0 Å². The quantitative estimate of drug-likeness (QED) is 0.646. The van der Waals surface area contributed by atoms with E-state index in [2.05, 4.69) is 10.4 Å². The van der Waals surface area contributed by atoms with Gasteiger partial charge in [-0.3, -0.25) is 9.48 Å². The second kappa shape index (κ2) is 3.26. The molecule has 0 spiro atoms. The monoisotopic (exact) mass is 183 g/mol. The van der Waals surface area contributed by atoms with E-state index in [0.29, 0.717) is 0 Å². The summed E-state index contributed by atoms with van der Waals surface area (Å²) in [5, 5.41) is 14.6. The summed E-state index contributed by atoms with van der Waals surface area (Å²) in [4.78, 5) is 21.7. The highest BCUT2D eigenvalue weighted by Gasteiger charge is 2.19. The van der Waals surface area contributed by atoms with Crippen molar-refractivity contribution < 1.29 is 14.7 Å². The number of hydrogen-bond acceptors (Lipinski definition) is 3. The molecule has 2 N–H and O–H groups in total. The van der Waals surface area contributed by atoms with Gasteiger partial charge in [-0.05, 0) is 0 Å². The van der Waals surface area contributed by atoms with Crippen LogP contribution in [0.1, 0.15) is 20.8 Å². The molecule has 0 aromatic carbocycles. The third-order valence-corrected chi connectivity index (χ3v) is 1.50. The van der Waals surface area contributed by atoms with Gasteiger partial charge >= 0.3 is 5.97 Å². The maximum atomic E-state index is 11.1. The van der Waals surface area contributed by atoms with Gasteiger partial charge in [0.05, 0.1) is 5.56 Å². The van der Waals surface area contributed by atoms with Crippen LogP contribution in [0.5, 0.6) is 0 Å². The Balaban J connectivity index is 3.19. The van der Waals surface area contributed by atoms with E-state index in [4.69, 9.17) is 5.11 Å². The van der Waals surface area contributed by atoms with Gasteiger partial charge in [0.25, 0.3) is 5.91 Å². The highest BCUT2D eigenvalue weighted by atomic mass is 16.4. The van der Waals surface area contributed by atoms with Crippen molar-refractivity contribution in [1.29, 1.82) is 0 Å². The molecule has 0 aliphatic carbocycles. The van der Waals surface area contributed by atoms with E-state index < -0.39 is 11.9 Å². The van der Waals surface area contributed by atoms with Crippen molar-refractivity contribution in [3.8, 4) is 0 Å². The normalized spacial score (nSPS) is 9.69. The van der Waals surface area contributed by atoms with Gasteiger partial charge in [-0.2, -0.15) is 5.10 Å².